The lowest BCUT2D eigenvalue weighted by atomic mass is 9.92. The molecule has 4 nitrogen and oxygen atoms in total. The smallest absolute Gasteiger partial charge is 0.161 e. The highest BCUT2D eigenvalue weighted by atomic mass is 16.3. The Kier molecular flexibility index (Phi) is 2.95. The van der Waals surface area contributed by atoms with Gasteiger partial charge in [-0.2, -0.15) is 0 Å². The van der Waals surface area contributed by atoms with Crippen molar-refractivity contribution >= 4 is 5.82 Å². The van der Waals surface area contributed by atoms with Crippen LogP contribution >= 0.6 is 0 Å². The monoisotopic (exact) mass is 243 g/mol. The summed E-state index contributed by atoms with van der Waals surface area (Å²) in [5, 5.41) is 9.49. The van der Waals surface area contributed by atoms with Gasteiger partial charge in [-0.1, -0.05) is 32.9 Å². The second kappa shape index (κ2) is 4.29. The Bertz CT molecular complexity index is 573. The molecule has 2 aromatic rings. The highest BCUT2D eigenvalue weighted by Gasteiger charge is 2.17. The fourth-order valence-corrected chi connectivity index (χ4v) is 1.62. The number of nitrogen functional groups attached to an aromatic ring is 1. The van der Waals surface area contributed by atoms with Gasteiger partial charge in [0.1, 0.15) is 11.6 Å². The van der Waals surface area contributed by atoms with Gasteiger partial charge in [0.25, 0.3) is 0 Å². The van der Waals surface area contributed by atoms with E-state index in [1.165, 1.54) is 0 Å². The number of phenolic OH excluding ortho intramolecular Hbond substituents is 1. The molecule has 0 saturated heterocycles. The van der Waals surface area contributed by atoms with E-state index < -0.39 is 0 Å². The standard InChI is InChI=1S/C14H17N3O/c1-14(2,3)11-8-12(15)17-13(16-11)9-5-4-6-10(18)7-9/h4-8,18H,1-3H3,(H2,15,16,17). The average molecular weight is 243 g/mol. The van der Waals surface area contributed by atoms with Gasteiger partial charge in [-0.05, 0) is 12.1 Å². The topological polar surface area (TPSA) is 72.0 Å². The number of hydrogen-bond acceptors (Lipinski definition) is 4. The molecule has 18 heavy (non-hydrogen) atoms. The zero-order chi connectivity index (χ0) is 13.3. The van der Waals surface area contributed by atoms with Gasteiger partial charge in [-0.25, -0.2) is 9.97 Å². The molecular formula is C14H17N3O. The summed E-state index contributed by atoms with van der Waals surface area (Å²) in [6, 6.07) is 8.63. The van der Waals surface area contributed by atoms with E-state index in [0.717, 1.165) is 11.3 Å². The van der Waals surface area contributed by atoms with Crippen LogP contribution in [0.25, 0.3) is 11.4 Å². The zero-order valence-corrected chi connectivity index (χ0v) is 10.8. The molecule has 1 aromatic heterocycles. The van der Waals surface area contributed by atoms with Crippen molar-refractivity contribution in [1.29, 1.82) is 0 Å². The third-order valence-electron chi connectivity index (χ3n) is 2.62. The summed E-state index contributed by atoms with van der Waals surface area (Å²) in [5.41, 5.74) is 7.36. The van der Waals surface area contributed by atoms with Crippen LogP contribution in [0.4, 0.5) is 5.82 Å². The van der Waals surface area contributed by atoms with Gasteiger partial charge in [-0.15, -0.1) is 0 Å². The van der Waals surface area contributed by atoms with Gasteiger partial charge in [0.2, 0.25) is 0 Å². The summed E-state index contributed by atoms with van der Waals surface area (Å²) in [5.74, 6) is 1.17. The molecule has 4 heteroatoms. The third kappa shape index (κ3) is 2.59. The molecule has 1 heterocycles. The molecule has 2 rings (SSSR count). The van der Waals surface area contributed by atoms with Crippen molar-refractivity contribution in [2.45, 2.75) is 26.2 Å². The SMILES string of the molecule is CC(C)(C)c1cc(N)nc(-c2cccc(O)c2)n1. The van der Waals surface area contributed by atoms with Crippen LogP contribution in [0.3, 0.4) is 0 Å². The third-order valence-corrected chi connectivity index (χ3v) is 2.62. The van der Waals surface area contributed by atoms with Crippen molar-refractivity contribution in [3.8, 4) is 17.1 Å². The van der Waals surface area contributed by atoms with Crippen LogP contribution in [0.15, 0.2) is 30.3 Å². The van der Waals surface area contributed by atoms with E-state index in [9.17, 15) is 5.11 Å². The first kappa shape index (κ1) is 12.4. The second-order valence-electron chi connectivity index (χ2n) is 5.30. The maximum Gasteiger partial charge on any atom is 0.161 e. The van der Waals surface area contributed by atoms with Crippen LogP contribution in [0.5, 0.6) is 5.75 Å². The number of phenols is 1. The van der Waals surface area contributed by atoms with Gasteiger partial charge in [-0.3, -0.25) is 0 Å². The van der Waals surface area contributed by atoms with Crippen molar-refractivity contribution in [3.05, 3.63) is 36.0 Å². The number of nitrogens with two attached hydrogens (primary N) is 1. The molecule has 1 aromatic carbocycles. The van der Waals surface area contributed by atoms with E-state index in [4.69, 9.17) is 5.73 Å². The molecule has 0 aliphatic carbocycles. The average Bonchev–Trinajstić information content (AvgIpc) is 2.27. The maximum absolute atomic E-state index is 9.49. The Morgan fingerprint density at radius 3 is 2.44 bits per heavy atom. The van der Waals surface area contributed by atoms with E-state index in [1.54, 1.807) is 24.3 Å². The lowest BCUT2D eigenvalue weighted by Gasteiger charge is -2.18. The number of aromatic hydroxyl groups is 1. The van der Waals surface area contributed by atoms with Gasteiger partial charge >= 0.3 is 0 Å². The van der Waals surface area contributed by atoms with Crippen LogP contribution in [0.1, 0.15) is 26.5 Å². The highest BCUT2D eigenvalue weighted by molar-refractivity contribution is 5.59. The van der Waals surface area contributed by atoms with Crippen molar-refractivity contribution in [2.75, 3.05) is 5.73 Å². The van der Waals surface area contributed by atoms with Crippen LogP contribution in [-0.4, -0.2) is 15.1 Å². The maximum atomic E-state index is 9.49. The van der Waals surface area contributed by atoms with Gasteiger partial charge < -0.3 is 10.8 Å². The van der Waals surface area contributed by atoms with Crippen molar-refractivity contribution in [2.24, 2.45) is 0 Å². The molecule has 0 aliphatic rings. The minimum absolute atomic E-state index is 0.0946. The lowest BCUT2D eigenvalue weighted by molar-refractivity contribution is 0.475. The molecule has 0 radical (unpaired) electrons. The molecule has 0 saturated carbocycles. The quantitative estimate of drug-likeness (QED) is 0.807. The normalized spacial score (nSPS) is 11.5. The van der Waals surface area contributed by atoms with Gasteiger partial charge in [0, 0.05) is 17.0 Å². The van der Waals surface area contributed by atoms with Crippen molar-refractivity contribution in [3.63, 3.8) is 0 Å². The molecule has 0 bridgehead atoms. The molecule has 0 spiro atoms. The molecular weight excluding hydrogens is 226 g/mol. The van der Waals surface area contributed by atoms with E-state index in [0.29, 0.717) is 11.6 Å². The van der Waals surface area contributed by atoms with E-state index in [1.807, 2.05) is 6.07 Å². The molecule has 0 fully saturated rings. The fourth-order valence-electron chi connectivity index (χ4n) is 1.62. The summed E-state index contributed by atoms with van der Waals surface area (Å²) in [6.07, 6.45) is 0. The number of hydrogen-bond donors (Lipinski definition) is 2. The first-order valence-electron chi connectivity index (χ1n) is 5.81. The Morgan fingerprint density at radius 1 is 1.11 bits per heavy atom. The number of anilines is 1. The van der Waals surface area contributed by atoms with Crippen LogP contribution in [0.2, 0.25) is 0 Å². The molecule has 94 valence electrons. The molecule has 0 atom stereocenters. The summed E-state index contributed by atoms with van der Waals surface area (Å²) >= 11 is 0. The first-order valence-corrected chi connectivity index (χ1v) is 5.81. The minimum atomic E-state index is -0.0946. The van der Waals surface area contributed by atoms with E-state index >= 15 is 0 Å². The Balaban J connectivity index is 2.55. The van der Waals surface area contributed by atoms with Crippen LogP contribution < -0.4 is 5.73 Å². The Morgan fingerprint density at radius 2 is 1.83 bits per heavy atom. The second-order valence-corrected chi connectivity index (χ2v) is 5.30. The number of rotatable bonds is 1. The molecule has 0 amide bonds. The molecule has 3 N–H and O–H groups in total. The van der Waals surface area contributed by atoms with Crippen molar-refractivity contribution < 1.29 is 5.11 Å². The van der Waals surface area contributed by atoms with E-state index in [-0.39, 0.29) is 11.2 Å². The van der Waals surface area contributed by atoms with Crippen LogP contribution in [0, 0.1) is 0 Å². The number of nitrogens with zero attached hydrogens (tertiary/aromatic N) is 2. The fraction of sp³-hybridized carbons (Fsp3) is 0.286. The summed E-state index contributed by atoms with van der Waals surface area (Å²) in [7, 11) is 0. The highest BCUT2D eigenvalue weighted by Crippen LogP contribution is 2.26. The van der Waals surface area contributed by atoms with Gasteiger partial charge in [0.05, 0.1) is 5.69 Å². The molecule has 0 aliphatic heterocycles. The first-order chi connectivity index (χ1) is 8.36. The predicted molar refractivity (Wildman–Crippen MR) is 72.2 cm³/mol. The lowest BCUT2D eigenvalue weighted by Crippen LogP contribution is -2.15. The minimum Gasteiger partial charge on any atom is -0.508 e. The Hall–Kier alpha value is -2.10. The van der Waals surface area contributed by atoms with Crippen molar-refractivity contribution in [1.82, 2.24) is 9.97 Å². The Labute approximate surface area is 107 Å². The van der Waals surface area contributed by atoms with Crippen LogP contribution in [-0.2, 0) is 5.41 Å². The summed E-state index contributed by atoms with van der Waals surface area (Å²) in [4.78, 5) is 8.73. The summed E-state index contributed by atoms with van der Waals surface area (Å²) < 4.78 is 0. The zero-order valence-electron chi connectivity index (χ0n) is 10.8. The van der Waals surface area contributed by atoms with Gasteiger partial charge in [0.15, 0.2) is 5.82 Å². The predicted octanol–water partition coefficient (Wildman–Crippen LogP) is 2.73. The summed E-state index contributed by atoms with van der Waals surface area (Å²) in [6.45, 7) is 6.21. The van der Waals surface area contributed by atoms with E-state index in [2.05, 4.69) is 30.7 Å². The largest absolute Gasteiger partial charge is 0.508 e. The number of benzene rings is 1. The molecule has 0 unspecified atom stereocenters. The number of aromatic nitrogens is 2.